The molecule has 0 spiro atoms. The van der Waals surface area contributed by atoms with Gasteiger partial charge in [-0.15, -0.1) is 0 Å². The van der Waals surface area contributed by atoms with Gasteiger partial charge in [-0.25, -0.2) is 0 Å². The first kappa shape index (κ1) is 16.3. The lowest BCUT2D eigenvalue weighted by Crippen LogP contribution is -2.50. The van der Waals surface area contributed by atoms with Crippen LogP contribution in [0.15, 0.2) is 24.3 Å². The average Bonchev–Trinajstić information content (AvgIpc) is 3.36. The molecule has 1 aliphatic carbocycles. The first-order valence-corrected chi connectivity index (χ1v) is 9.30. The second-order valence-corrected chi connectivity index (χ2v) is 7.02. The minimum atomic E-state index is -0.388. The summed E-state index contributed by atoms with van der Waals surface area (Å²) < 4.78 is 3.37. The van der Waals surface area contributed by atoms with Gasteiger partial charge >= 0.3 is 0 Å². The van der Waals surface area contributed by atoms with E-state index in [4.69, 9.17) is 0 Å². The summed E-state index contributed by atoms with van der Waals surface area (Å²) in [6.45, 7) is 1.70. The summed E-state index contributed by atoms with van der Waals surface area (Å²) in [4.78, 5) is 24.8. The molecule has 0 bridgehead atoms. The molecule has 2 N–H and O–H groups in total. The molecular formula is C17H23N3O2S. The van der Waals surface area contributed by atoms with Crippen LogP contribution < -0.4 is 14.9 Å². The van der Waals surface area contributed by atoms with Crippen LogP contribution in [-0.2, 0) is 15.0 Å². The van der Waals surface area contributed by atoms with Gasteiger partial charge in [-0.05, 0) is 49.6 Å². The number of piperidine rings is 1. The van der Waals surface area contributed by atoms with Crippen molar-refractivity contribution >= 4 is 30.0 Å². The normalized spacial score (nSPS) is 22.7. The molecule has 1 atom stereocenters. The molecule has 124 valence electrons. The number of benzene rings is 1. The Bertz CT molecular complexity index is 572. The molecule has 2 amide bonds. The van der Waals surface area contributed by atoms with Gasteiger partial charge in [0.1, 0.15) is 6.04 Å². The van der Waals surface area contributed by atoms with Crippen LogP contribution in [0.1, 0.15) is 31.2 Å². The van der Waals surface area contributed by atoms with E-state index in [2.05, 4.69) is 22.2 Å². The van der Waals surface area contributed by atoms with Gasteiger partial charge in [0.05, 0.1) is 0 Å². The predicted molar refractivity (Wildman–Crippen MR) is 93.4 cm³/mol. The Kier molecular flexibility index (Phi) is 4.92. The maximum absolute atomic E-state index is 12.4. The number of anilines is 1. The molecule has 1 saturated heterocycles. The first-order valence-electron chi connectivity index (χ1n) is 8.08. The Labute approximate surface area is 141 Å². The minimum absolute atomic E-state index is 0.0127. The van der Waals surface area contributed by atoms with Gasteiger partial charge < -0.3 is 10.2 Å². The fraction of sp³-hybridized carbons (Fsp3) is 0.529. The standard InChI is InChI=1S/C17H23N3O2S/c1-23-19-11-17(8-9-17)13-4-6-14(7-5-13)20-10-2-3-15(16(20)22)18-12-21/h4-7,12,15,19H,2-3,8-11H2,1H3,(H,18,21). The van der Waals surface area contributed by atoms with Crippen molar-refractivity contribution in [2.45, 2.75) is 37.1 Å². The molecule has 1 aliphatic heterocycles. The third-order valence-corrected chi connectivity index (χ3v) is 5.34. The van der Waals surface area contributed by atoms with E-state index in [9.17, 15) is 9.59 Å². The monoisotopic (exact) mass is 333 g/mol. The number of nitrogens with one attached hydrogen (secondary N) is 2. The zero-order valence-corrected chi connectivity index (χ0v) is 14.2. The summed E-state index contributed by atoms with van der Waals surface area (Å²) in [5.41, 5.74) is 2.54. The molecule has 0 radical (unpaired) electrons. The van der Waals surface area contributed by atoms with E-state index in [0.717, 1.165) is 25.1 Å². The van der Waals surface area contributed by atoms with Crippen LogP contribution in [0, 0.1) is 0 Å². The van der Waals surface area contributed by atoms with Gasteiger partial charge in [0.2, 0.25) is 12.3 Å². The molecule has 0 aromatic heterocycles. The predicted octanol–water partition coefficient (Wildman–Crippen LogP) is 1.83. The lowest BCUT2D eigenvalue weighted by atomic mass is 9.95. The van der Waals surface area contributed by atoms with Crippen molar-refractivity contribution in [3.63, 3.8) is 0 Å². The smallest absolute Gasteiger partial charge is 0.249 e. The van der Waals surface area contributed by atoms with Crippen LogP contribution in [0.4, 0.5) is 5.69 Å². The summed E-state index contributed by atoms with van der Waals surface area (Å²) in [5, 5.41) is 2.62. The number of hydrogen-bond donors (Lipinski definition) is 2. The van der Waals surface area contributed by atoms with Gasteiger partial charge in [-0.2, -0.15) is 0 Å². The highest BCUT2D eigenvalue weighted by molar-refractivity contribution is 7.96. The molecule has 3 rings (SSSR count). The molecule has 1 heterocycles. The van der Waals surface area contributed by atoms with Gasteiger partial charge in [-0.1, -0.05) is 24.1 Å². The lowest BCUT2D eigenvalue weighted by molar-refractivity contribution is -0.124. The summed E-state index contributed by atoms with van der Waals surface area (Å²) in [6.07, 6.45) is 6.72. The van der Waals surface area contributed by atoms with Crippen molar-refractivity contribution in [3.05, 3.63) is 29.8 Å². The highest BCUT2D eigenvalue weighted by atomic mass is 32.2. The SMILES string of the molecule is CSNCC1(c2ccc(N3CCCC(NC=O)C3=O)cc2)CC1. The number of amides is 2. The Balaban J connectivity index is 1.72. The van der Waals surface area contributed by atoms with Crippen LogP contribution in [0.2, 0.25) is 0 Å². The molecule has 2 fully saturated rings. The Morgan fingerprint density at radius 2 is 2.09 bits per heavy atom. The quantitative estimate of drug-likeness (QED) is 0.590. The first-order chi connectivity index (χ1) is 11.2. The molecule has 6 heteroatoms. The third-order valence-electron chi connectivity index (χ3n) is 4.91. The average molecular weight is 333 g/mol. The zero-order valence-electron chi connectivity index (χ0n) is 13.4. The van der Waals surface area contributed by atoms with Gasteiger partial charge in [0.15, 0.2) is 0 Å². The van der Waals surface area contributed by atoms with E-state index in [1.54, 1.807) is 16.8 Å². The molecule has 5 nitrogen and oxygen atoms in total. The largest absolute Gasteiger partial charge is 0.347 e. The van der Waals surface area contributed by atoms with Gasteiger partial charge in [-0.3, -0.25) is 14.3 Å². The molecule has 1 saturated carbocycles. The number of hydrogen-bond acceptors (Lipinski definition) is 4. The van der Waals surface area contributed by atoms with Crippen LogP contribution >= 0.6 is 11.9 Å². The van der Waals surface area contributed by atoms with E-state index in [1.807, 2.05) is 18.4 Å². The topological polar surface area (TPSA) is 61.4 Å². The summed E-state index contributed by atoms with van der Waals surface area (Å²) in [5.74, 6) is -0.0127. The highest BCUT2D eigenvalue weighted by Gasteiger charge is 2.43. The van der Waals surface area contributed by atoms with Gasteiger partial charge in [0.25, 0.3) is 0 Å². The highest BCUT2D eigenvalue weighted by Crippen LogP contribution is 2.48. The van der Waals surface area contributed by atoms with Crippen molar-refractivity contribution in [2.24, 2.45) is 0 Å². The molecular weight excluding hydrogens is 310 g/mol. The molecule has 1 aromatic rings. The van der Waals surface area contributed by atoms with Crippen LogP contribution in [0.25, 0.3) is 0 Å². The maximum Gasteiger partial charge on any atom is 0.249 e. The number of nitrogens with zero attached hydrogens (tertiary/aromatic N) is 1. The number of carbonyl (C=O) groups excluding carboxylic acids is 2. The van der Waals surface area contributed by atoms with E-state index in [0.29, 0.717) is 13.0 Å². The number of rotatable bonds is 7. The van der Waals surface area contributed by atoms with E-state index < -0.39 is 0 Å². The second kappa shape index (κ2) is 6.93. The fourth-order valence-corrected chi connectivity index (χ4v) is 3.71. The molecule has 1 aromatic carbocycles. The van der Waals surface area contributed by atoms with Crippen molar-refractivity contribution in [3.8, 4) is 0 Å². The second-order valence-electron chi connectivity index (χ2n) is 6.32. The Morgan fingerprint density at radius 1 is 1.35 bits per heavy atom. The third kappa shape index (κ3) is 3.38. The van der Waals surface area contributed by atoms with Crippen molar-refractivity contribution in [1.29, 1.82) is 0 Å². The zero-order chi connectivity index (χ0) is 16.3. The molecule has 23 heavy (non-hydrogen) atoms. The summed E-state index contributed by atoms with van der Waals surface area (Å²) in [7, 11) is 0. The summed E-state index contributed by atoms with van der Waals surface area (Å²) >= 11 is 1.66. The van der Waals surface area contributed by atoms with Crippen molar-refractivity contribution < 1.29 is 9.59 Å². The number of carbonyl (C=O) groups is 2. The van der Waals surface area contributed by atoms with Crippen molar-refractivity contribution in [1.82, 2.24) is 10.0 Å². The van der Waals surface area contributed by atoms with E-state index >= 15 is 0 Å². The van der Waals surface area contributed by atoms with E-state index in [1.165, 1.54) is 18.4 Å². The Hall–Kier alpha value is -1.53. The fourth-order valence-electron chi connectivity index (χ4n) is 3.29. The maximum atomic E-state index is 12.4. The summed E-state index contributed by atoms with van der Waals surface area (Å²) in [6, 6.07) is 7.98. The van der Waals surface area contributed by atoms with Gasteiger partial charge in [0, 0.05) is 24.2 Å². The van der Waals surface area contributed by atoms with Crippen molar-refractivity contribution in [2.75, 3.05) is 24.2 Å². The Morgan fingerprint density at radius 3 is 2.70 bits per heavy atom. The van der Waals surface area contributed by atoms with E-state index in [-0.39, 0.29) is 17.4 Å². The molecule has 2 aliphatic rings. The molecule has 1 unspecified atom stereocenters. The van der Waals surface area contributed by atoms with Crippen LogP contribution in [-0.4, -0.2) is 37.7 Å². The van der Waals surface area contributed by atoms with Crippen LogP contribution in [0.5, 0.6) is 0 Å². The minimum Gasteiger partial charge on any atom is -0.347 e. The van der Waals surface area contributed by atoms with Crippen LogP contribution in [0.3, 0.4) is 0 Å². The lowest BCUT2D eigenvalue weighted by Gasteiger charge is -2.32.